The highest BCUT2D eigenvalue weighted by atomic mass is 32.1. The number of hydrogen-bond donors (Lipinski definition) is 1. The lowest BCUT2D eigenvalue weighted by molar-refractivity contribution is 0.0952. The Morgan fingerprint density at radius 3 is 2.76 bits per heavy atom. The molecule has 0 unspecified atom stereocenters. The Morgan fingerprint density at radius 1 is 1.02 bits per heavy atom. The van der Waals surface area contributed by atoms with Crippen molar-refractivity contribution in [2.75, 3.05) is 36.6 Å². The summed E-state index contributed by atoms with van der Waals surface area (Å²) >= 11 is 1.51. The molecular weight excluding hydrogens is 536 g/mol. The van der Waals surface area contributed by atoms with Crippen LogP contribution >= 0.6 is 11.3 Å². The maximum Gasteiger partial charge on any atom is 0.276 e. The van der Waals surface area contributed by atoms with Gasteiger partial charge >= 0.3 is 0 Å². The minimum Gasteiger partial charge on any atom is -0.497 e. The predicted octanol–water partition coefficient (Wildman–Crippen LogP) is 5.31. The highest BCUT2D eigenvalue weighted by Crippen LogP contribution is 2.42. The number of nitrogens with zero attached hydrogens (tertiary/aromatic N) is 3. The lowest BCUT2D eigenvalue weighted by atomic mass is 10.1. The van der Waals surface area contributed by atoms with E-state index in [4.69, 9.17) is 14.5 Å². The van der Waals surface area contributed by atoms with E-state index in [1.807, 2.05) is 65.6 Å². The molecule has 2 aliphatic heterocycles. The molecule has 0 atom stereocenters. The van der Waals surface area contributed by atoms with Gasteiger partial charge < -0.3 is 24.6 Å². The molecule has 7 rings (SSSR count). The van der Waals surface area contributed by atoms with Crippen molar-refractivity contribution in [1.82, 2.24) is 10.3 Å². The molecule has 8 nitrogen and oxygen atoms in total. The van der Waals surface area contributed by atoms with E-state index in [1.54, 1.807) is 13.2 Å². The number of carbonyl (C=O) groups is 2. The summed E-state index contributed by atoms with van der Waals surface area (Å²) in [6.45, 7) is 2.27. The fourth-order valence-corrected chi connectivity index (χ4v) is 6.58. The van der Waals surface area contributed by atoms with Crippen LogP contribution in [0.4, 0.5) is 11.5 Å². The summed E-state index contributed by atoms with van der Waals surface area (Å²) < 4.78 is 11.3. The SMILES string of the molecule is COc1ccc2c(c1)OCCN(c1cccc(C(=O)N3CCc4cc(C(=O)NC5CC5)sc4-c4ccccc43)n1)C2. The summed E-state index contributed by atoms with van der Waals surface area (Å²) in [5, 5.41) is 3.10. The quantitative estimate of drug-likeness (QED) is 0.353. The van der Waals surface area contributed by atoms with E-state index in [2.05, 4.69) is 10.2 Å². The minimum atomic E-state index is -0.141. The zero-order chi connectivity index (χ0) is 27.9. The van der Waals surface area contributed by atoms with Gasteiger partial charge in [0.2, 0.25) is 0 Å². The molecule has 4 heterocycles. The van der Waals surface area contributed by atoms with Crippen LogP contribution in [0.1, 0.15) is 44.1 Å². The molecule has 3 aliphatic rings. The lowest BCUT2D eigenvalue weighted by Gasteiger charge is -2.24. The molecule has 208 valence electrons. The molecular formula is C32H30N4O4S. The van der Waals surface area contributed by atoms with E-state index >= 15 is 0 Å². The zero-order valence-electron chi connectivity index (χ0n) is 22.8. The first-order valence-corrected chi connectivity index (χ1v) is 14.8. The molecule has 1 N–H and O–H groups in total. The molecule has 0 bridgehead atoms. The molecule has 1 fully saturated rings. The second-order valence-electron chi connectivity index (χ2n) is 10.6. The number of amides is 2. The van der Waals surface area contributed by atoms with Gasteiger partial charge in [-0.3, -0.25) is 9.59 Å². The van der Waals surface area contributed by atoms with Crippen molar-refractivity contribution in [3.05, 3.63) is 88.4 Å². The van der Waals surface area contributed by atoms with Gasteiger partial charge in [0.15, 0.2) is 0 Å². The molecule has 9 heteroatoms. The molecule has 0 radical (unpaired) electrons. The van der Waals surface area contributed by atoms with Gasteiger partial charge in [-0.2, -0.15) is 0 Å². The molecule has 4 aromatic rings. The highest BCUT2D eigenvalue weighted by molar-refractivity contribution is 7.17. The number of ether oxygens (including phenoxy) is 2. The van der Waals surface area contributed by atoms with E-state index in [0.717, 1.165) is 62.3 Å². The largest absolute Gasteiger partial charge is 0.497 e. The number of benzene rings is 2. The predicted molar refractivity (Wildman–Crippen MR) is 159 cm³/mol. The Hall–Kier alpha value is -4.37. The van der Waals surface area contributed by atoms with E-state index in [9.17, 15) is 9.59 Å². The Kier molecular flexibility index (Phi) is 6.59. The topological polar surface area (TPSA) is 84.0 Å². The first-order chi connectivity index (χ1) is 20.1. The third-order valence-electron chi connectivity index (χ3n) is 7.77. The Labute approximate surface area is 242 Å². The third-order valence-corrected chi connectivity index (χ3v) is 8.98. The van der Waals surface area contributed by atoms with Gasteiger partial charge in [0.05, 0.1) is 24.2 Å². The number of methoxy groups -OCH3 is 1. The van der Waals surface area contributed by atoms with Crippen LogP contribution < -0.4 is 24.6 Å². The number of nitrogens with one attached hydrogen (secondary N) is 1. The van der Waals surface area contributed by atoms with Crippen LogP contribution in [0.15, 0.2) is 66.7 Å². The van der Waals surface area contributed by atoms with Gasteiger partial charge in [-0.1, -0.05) is 24.3 Å². The van der Waals surface area contributed by atoms with Crippen molar-refractivity contribution in [2.24, 2.45) is 0 Å². The van der Waals surface area contributed by atoms with Crippen LogP contribution in [0.2, 0.25) is 0 Å². The van der Waals surface area contributed by atoms with Crippen molar-refractivity contribution in [2.45, 2.75) is 31.8 Å². The van der Waals surface area contributed by atoms with Gasteiger partial charge in [0, 0.05) is 41.2 Å². The van der Waals surface area contributed by atoms with Gasteiger partial charge in [-0.05, 0) is 61.2 Å². The fraction of sp³-hybridized carbons (Fsp3) is 0.281. The average molecular weight is 567 g/mol. The molecule has 2 aromatic carbocycles. The summed E-state index contributed by atoms with van der Waals surface area (Å²) in [6, 6.07) is 21.7. The molecule has 2 aromatic heterocycles. The molecule has 41 heavy (non-hydrogen) atoms. The van der Waals surface area contributed by atoms with Gasteiger partial charge in [0.25, 0.3) is 11.8 Å². The second-order valence-corrected chi connectivity index (χ2v) is 11.6. The standard InChI is InChI=1S/C32H30N4O4S/c1-39-23-12-9-21-19-35(15-16-40-27(21)18-23)29-8-4-6-25(34-29)32(38)36-14-13-20-17-28(31(37)33-22-10-11-22)41-30(20)24-5-2-3-7-26(24)36/h2-9,12,17-18,22H,10-11,13-16,19H2,1H3,(H,33,37). The summed E-state index contributed by atoms with van der Waals surface area (Å²) in [5.41, 5.74) is 4.34. The molecule has 0 spiro atoms. The highest BCUT2D eigenvalue weighted by Gasteiger charge is 2.30. The smallest absolute Gasteiger partial charge is 0.276 e. The van der Waals surface area contributed by atoms with Crippen LogP contribution in [-0.2, 0) is 13.0 Å². The van der Waals surface area contributed by atoms with E-state index < -0.39 is 0 Å². The number of anilines is 2. The van der Waals surface area contributed by atoms with E-state index in [-0.39, 0.29) is 11.8 Å². The Balaban J connectivity index is 1.16. The van der Waals surface area contributed by atoms with Crippen LogP contribution in [0, 0.1) is 0 Å². The minimum absolute atomic E-state index is 0.00215. The molecule has 0 saturated heterocycles. The van der Waals surface area contributed by atoms with Crippen LogP contribution in [0.3, 0.4) is 0 Å². The summed E-state index contributed by atoms with van der Waals surface area (Å²) in [4.78, 5) is 37.3. The van der Waals surface area contributed by atoms with Crippen molar-refractivity contribution < 1.29 is 19.1 Å². The molecule has 1 aliphatic carbocycles. The summed E-state index contributed by atoms with van der Waals surface area (Å²) in [5.74, 6) is 2.15. The number of fused-ring (bicyclic) bond motifs is 4. The normalized spacial score (nSPS) is 15.9. The average Bonchev–Trinajstić information content (AvgIpc) is 3.78. The third kappa shape index (κ3) is 5.02. The molecule has 1 saturated carbocycles. The van der Waals surface area contributed by atoms with Gasteiger partial charge in [0.1, 0.15) is 29.6 Å². The van der Waals surface area contributed by atoms with Crippen molar-refractivity contribution in [3.8, 4) is 21.9 Å². The van der Waals surface area contributed by atoms with Crippen LogP contribution in [0.5, 0.6) is 11.5 Å². The number of rotatable bonds is 5. The first-order valence-electron chi connectivity index (χ1n) is 13.9. The lowest BCUT2D eigenvalue weighted by Crippen LogP contribution is -2.34. The van der Waals surface area contributed by atoms with E-state index in [1.165, 1.54) is 11.3 Å². The Morgan fingerprint density at radius 2 is 1.90 bits per heavy atom. The van der Waals surface area contributed by atoms with Gasteiger partial charge in [-0.25, -0.2) is 4.98 Å². The van der Waals surface area contributed by atoms with Gasteiger partial charge in [-0.15, -0.1) is 11.3 Å². The number of hydrogen-bond acceptors (Lipinski definition) is 7. The second kappa shape index (κ2) is 10.6. The number of pyridine rings is 1. The van der Waals surface area contributed by atoms with Crippen molar-refractivity contribution in [3.63, 3.8) is 0 Å². The maximum atomic E-state index is 14.0. The summed E-state index contributed by atoms with van der Waals surface area (Å²) in [6.07, 6.45) is 2.77. The Bertz CT molecular complexity index is 1650. The van der Waals surface area contributed by atoms with E-state index in [0.29, 0.717) is 44.4 Å². The molecule has 2 amide bonds. The fourth-order valence-electron chi connectivity index (χ4n) is 5.43. The zero-order valence-corrected chi connectivity index (χ0v) is 23.6. The number of aromatic nitrogens is 1. The van der Waals surface area contributed by atoms with Crippen LogP contribution in [0.25, 0.3) is 10.4 Å². The first kappa shape index (κ1) is 25.6. The van der Waals surface area contributed by atoms with Crippen molar-refractivity contribution >= 4 is 34.7 Å². The van der Waals surface area contributed by atoms with Crippen molar-refractivity contribution in [1.29, 1.82) is 0 Å². The monoisotopic (exact) mass is 566 g/mol. The number of carbonyl (C=O) groups excluding carboxylic acids is 2. The number of para-hydroxylation sites is 1. The summed E-state index contributed by atoms with van der Waals surface area (Å²) in [7, 11) is 1.64. The maximum absolute atomic E-state index is 14.0. The number of thiophene rings is 1. The van der Waals surface area contributed by atoms with Crippen LogP contribution in [-0.4, -0.2) is 49.6 Å².